The van der Waals surface area contributed by atoms with Gasteiger partial charge >= 0.3 is 5.97 Å². The van der Waals surface area contributed by atoms with Gasteiger partial charge in [0.2, 0.25) is 10.0 Å². The first-order valence-electron chi connectivity index (χ1n) is 14.7. The maximum atomic E-state index is 11.6. The standard InChI is InChI=1S/C31H39N3O6S/c1-19(41(32,37)38)6-11-24-16-29(40-34-24)25-12-8-21(25)14-23-10-7-20-4-2-3-5-26(20)31(23)17-33-27-15-22(30(35)36)9-13-28(27)39-18-31/h2-5,9,13,15,19,21,23,25,29,33H,6-8,10-12,14,16-18H2,1H3,(H,35,36)(H2,32,37,38)/t19-,21-,23?,25-,29-,31?/m1/s1. The van der Waals surface area contributed by atoms with Crippen molar-refractivity contribution in [2.45, 2.75) is 75.1 Å². The normalized spacial score (nSPS) is 29.5. The molecule has 1 fully saturated rings. The number of aryl methyl sites for hydroxylation is 1. The van der Waals surface area contributed by atoms with Crippen molar-refractivity contribution >= 4 is 27.4 Å². The summed E-state index contributed by atoms with van der Waals surface area (Å²) in [5, 5.41) is 22.1. The number of nitrogens with one attached hydrogen (secondary N) is 1. The first kappa shape index (κ1) is 28.0. The quantitative estimate of drug-likeness (QED) is 0.410. The zero-order valence-corrected chi connectivity index (χ0v) is 24.2. The van der Waals surface area contributed by atoms with Crippen molar-refractivity contribution in [1.29, 1.82) is 0 Å². The van der Waals surface area contributed by atoms with E-state index in [2.05, 4.69) is 34.7 Å². The molecule has 6 atom stereocenters. The van der Waals surface area contributed by atoms with Gasteiger partial charge in [-0.05, 0) is 93.0 Å². The topological polar surface area (TPSA) is 140 Å². The van der Waals surface area contributed by atoms with Crippen LogP contribution >= 0.6 is 0 Å². The molecular weight excluding hydrogens is 542 g/mol. The van der Waals surface area contributed by atoms with Gasteiger partial charge in [-0.15, -0.1) is 0 Å². The summed E-state index contributed by atoms with van der Waals surface area (Å²) in [7, 11) is -3.54. The van der Waals surface area contributed by atoms with Crippen LogP contribution < -0.4 is 15.2 Å². The average Bonchev–Trinajstić information content (AvgIpc) is 3.30. The molecule has 0 radical (unpaired) electrons. The Hall–Kier alpha value is -3.11. The minimum absolute atomic E-state index is 0.0440. The van der Waals surface area contributed by atoms with E-state index >= 15 is 0 Å². The van der Waals surface area contributed by atoms with Crippen LogP contribution in [-0.2, 0) is 26.7 Å². The van der Waals surface area contributed by atoms with E-state index < -0.39 is 21.2 Å². The highest BCUT2D eigenvalue weighted by molar-refractivity contribution is 7.89. The third kappa shape index (κ3) is 5.44. The van der Waals surface area contributed by atoms with Gasteiger partial charge in [-0.3, -0.25) is 0 Å². The van der Waals surface area contributed by atoms with E-state index in [1.54, 1.807) is 25.1 Å². The molecule has 2 unspecified atom stereocenters. The van der Waals surface area contributed by atoms with Crippen LogP contribution in [0, 0.1) is 17.8 Å². The molecule has 2 heterocycles. The summed E-state index contributed by atoms with van der Waals surface area (Å²) >= 11 is 0. The molecule has 0 saturated heterocycles. The first-order valence-corrected chi connectivity index (χ1v) is 16.3. The highest BCUT2D eigenvalue weighted by Crippen LogP contribution is 2.52. The van der Waals surface area contributed by atoms with Crippen LogP contribution in [0.5, 0.6) is 5.75 Å². The molecule has 4 aliphatic rings. The number of nitrogens with two attached hydrogens (primary N) is 1. The zero-order valence-electron chi connectivity index (χ0n) is 23.4. The fourth-order valence-corrected chi connectivity index (χ4v) is 7.82. The Kier molecular flexibility index (Phi) is 7.48. The third-order valence-corrected chi connectivity index (χ3v) is 11.5. The molecule has 10 heteroatoms. The van der Waals surface area contributed by atoms with Crippen molar-refractivity contribution in [1.82, 2.24) is 0 Å². The second-order valence-electron chi connectivity index (χ2n) is 12.4. The molecule has 0 bridgehead atoms. The summed E-state index contributed by atoms with van der Waals surface area (Å²) in [6.07, 6.45) is 7.28. The average molecular weight is 582 g/mol. The maximum absolute atomic E-state index is 11.6. The number of carbonyl (C=O) groups is 1. The summed E-state index contributed by atoms with van der Waals surface area (Å²) in [6, 6.07) is 13.7. The molecule has 0 amide bonds. The van der Waals surface area contributed by atoms with Gasteiger partial charge in [0.1, 0.15) is 11.9 Å². The predicted molar refractivity (Wildman–Crippen MR) is 157 cm³/mol. The molecule has 6 rings (SSSR count). The SMILES string of the molecule is C[C@H](CCC1=NO[C@@H]([C@@H]2CC[C@@H]2CC2CCc3ccccc3C23CNc2cc(C(=O)O)ccc2OC3)C1)S(N)(=O)=O. The van der Waals surface area contributed by atoms with Gasteiger partial charge in [0.15, 0.2) is 0 Å². The number of ether oxygens (including phenoxy) is 1. The summed E-state index contributed by atoms with van der Waals surface area (Å²) < 4.78 is 29.7. The lowest BCUT2D eigenvalue weighted by Gasteiger charge is -2.49. The van der Waals surface area contributed by atoms with Gasteiger partial charge in [0.25, 0.3) is 0 Å². The lowest BCUT2D eigenvalue weighted by molar-refractivity contribution is -0.0367. The van der Waals surface area contributed by atoms with Crippen LogP contribution in [0.2, 0.25) is 0 Å². The van der Waals surface area contributed by atoms with Crippen LogP contribution in [0.1, 0.15) is 73.4 Å². The molecule has 4 N–H and O–H groups in total. The van der Waals surface area contributed by atoms with E-state index in [0.717, 1.165) is 49.9 Å². The molecular formula is C31H39N3O6S. The molecule has 41 heavy (non-hydrogen) atoms. The number of hydrogen-bond donors (Lipinski definition) is 3. The molecule has 0 aromatic heterocycles. The number of hydrogen-bond acceptors (Lipinski definition) is 7. The summed E-state index contributed by atoms with van der Waals surface area (Å²) in [4.78, 5) is 17.5. The smallest absolute Gasteiger partial charge is 0.335 e. The van der Waals surface area contributed by atoms with E-state index in [9.17, 15) is 18.3 Å². The van der Waals surface area contributed by atoms with E-state index in [0.29, 0.717) is 49.5 Å². The fraction of sp³-hybridized carbons (Fsp3) is 0.548. The molecule has 1 saturated carbocycles. The van der Waals surface area contributed by atoms with Crippen LogP contribution in [0.15, 0.2) is 47.6 Å². The largest absolute Gasteiger partial charge is 0.490 e. The van der Waals surface area contributed by atoms with Gasteiger partial charge in [-0.1, -0.05) is 29.4 Å². The van der Waals surface area contributed by atoms with Crippen molar-refractivity contribution < 1.29 is 27.9 Å². The Morgan fingerprint density at radius 1 is 1.22 bits per heavy atom. The van der Waals surface area contributed by atoms with E-state index in [4.69, 9.17) is 14.7 Å². The van der Waals surface area contributed by atoms with E-state index in [1.165, 1.54) is 11.1 Å². The van der Waals surface area contributed by atoms with Crippen LogP contribution in [0.3, 0.4) is 0 Å². The summed E-state index contributed by atoms with van der Waals surface area (Å²) in [5.74, 6) is 1.08. The van der Waals surface area contributed by atoms with Gasteiger partial charge in [-0.25, -0.2) is 18.4 Å². The second kappa shape index (κ2) is 10.9. The minimum atomic E-state index is -3.54. The van der Waals surface area contributed by atoms with Crippen molar-refractivity contribution in [2.24, 2.45) is 28.0 Å². The minimum Gasteiger partial charge on any atom is -0.490 e. The monoisotopic (exact) mass is 581 g/mol. The number of anilines is 1. The number of primary sulfonamides is 1. The molecule has 2 aromatic carbocycles. The summed E-state index contributed by atoms with van der Waals surface area (Å²) in [6.45, 7) is 2.85. The molecule has 2 aromatic rings. The number of carboxylic acids is 1. The Morgan fingerprint density at radius 3 is 2.80 bits per heavy atom. The Bertz CT molecular complexity index is 1460. The first-order chi connectivity index (χ1) is 19.6. The number of rotatable bonds is 8. The Balaban J connectivity index is 1.17. The molecule has 2 aliphatic heterocycles. The lowest BCUT2D eigenvalue weighted by Crippen LogP contribution is -2.50. The van der Waals surface area contributed by atoms with Crippen molar-refractivity contribution in [3.8, 4) is 5.75 Å². The van der Waals surface area contributed by atoms with Gasteiger partial charge in [0.05, 0.1) is 28.8 Å². The number of nitrogens with zero attached hydrogens (tertiary/aromatic N) is 1. The molecule has 2 aliphatic carbocycles. The highest BCUT2D eigenvalue weighted by Gasteiger charge is 2.50. The second-order valence-corrected chi connectivity index (χ2v) is 14.4. The van der Waals surface area contributed by atoms with Crippen LogP contribution in [-0.4, -0.2) is 49.7 Å². The Morgan fingerprint density at radius 2 is 2.05 bits per heavy atom. The van der Waals surface area contributed by atoms with Gasteiger partial charge < -0.3 is 20.0 Å². The molecule has 220 valence electrons. The number of fused-ring (bicyclic) bond motifs is 3. The lowest BCUT2D eigenvalue weighted by atomic mass is 9.57. The third-order valence-electron chi connectivity index (χ3n) is 10.1. The van der Waals surface area contributed by atoms with Gasteiger partial charge in [0, 0.05) is 24.3 Å². The van der Waals surface area contributed by atoms with Crippen LogP contribution in [0.4, 0.5) is 5.69 Å². The van der Waals surface area contributed by atoms with E-state index in [-0.39, 0.29) is 17.1 Å². The maximum Gasteiger partial charge on any atom is 0.335 e. The Labute approximate surface area is 241 Å². The summed E-state index contributed by atoms with van der Waals surface area (Å²) in [5.41, 5.74) is 4.36. The van der Waals surface area contributed by atoms with Crippen molar-refractivity contribution in [3.05, 3.63) is 59.2 Å². The fourth-order valence-electron chi connectivity index (χ4n) is 7.37. The van der Waals surface area contributed by atoms with Crippen LogP contribution in [0.25, 0.3) is 0 Å². The predicted octanol–water partition coefficient (Wildman–Crippen LogP) is 4.71. The zero-order chi connectivity index (χ0) is 28.8. The van der Waals surface area contributed by atoms with Crippen molar-refractivity contribution in [2.75, 3.05) is 18.5 Å². The number of oxime groups is 1. The van der Waals surface area contributed by atoms with E-state index in [1.807, 2.05) is 0 Å². The number of benzene rings is 2. The van der Waals surface area contributed by atoms with Crippen molar-refractivity contribution in [3.63, 3.8) is 0 Å². The number of aromatic carboxylic acids is 1. The number of sulfonamides is 1. The number of carboxylic acid groups (broad SMARTS) is 1. The van der Waals surface area contributed by atoms with Gasteiger partial charge in [-0.2, -0.15) is 0 Å². The molecule has 9 nitrogen and oxygen atoms in total. The molecule has 1 spiro atoms. The highest BCUT2D eigenvalue weighted by atomic mass is 32.2.